The molecule has 0 heterocycles. The molecular weight excluding hydrogens is 256 g/mol. The molecular formula is C19H26N2. The first-order valence-electron chi connectivity index (χ1n) is 7.97. The molecule has 0 bridgehead atoms. The van der Waals surface area contributed by atoms with Gasteiger partial charge in [0.1, 0.15) is 0 Å². The minimum atomic E-state index is 0.992. The van der Waals surface area contributed by atoms with Crippen molar-refractivity contribution >= 4 is 11.4 Å². The Labute approximate surface area is 128 Å². The van der Waals surface area contributed by atoms with Crippen LogP contribution in [0.25, 0.3) is 0 Å². The first-order valence-corrected chi connectivity index (χ1v) is 7.97. The maximum Gasteiger partial charge on any atom is 0.0340 e. The zero-order valence-corrected chi connectivity index (χ0v) is 13.2. The van der Waals surface area contributed by atoms with Crippen molar-refractivity contribution in [3.8, 4) is 0 Å². The van der Waals surface area contributed by atoms with E-state index in [2.05, 4.69) is 73.0 Å². The van der Waals surface area contributed by atoms with E-state index in [-0.39, 0.29) is 0 Å². The van der Waals surface area contributed by atoms with Gasteiger partial charge in [-0.2, -0.15) is 0 Å². The molecule has 0 unspecified atom stereocenters. The number of nitrogens with one attached hydrogen (secondary N) is 2. The van der Waals surface area contributed by atoms with Gasteiger partial charge in [0.25, 0.3) is 0 Å². The van der Waals surface area contributed by atoms with Crippen LogP contribution in [0.2, 0.25) is 0 Å². The molecule has 112 valence electrons. The van der Waals surface area contributed by atoms with E-state index in [0.29, 0.717) is 0 Å². The molecule has 0 saturated heterocycles. The maximum atomic E-state index is 3.46. The molecule has 0 aliphatic carbocycles. The van der Waals surface area contributed by atoms with Gasteiger partial charge in [0.2, 0.25) is 0 Å². The summed E-state index contributed by atoms with van der Waals surface area (Å²) in [7, 11) is 0. The maximum absolute atomic E-state index is 3.46. The Hall–Kier alpha value is -1.96. The second-order valence-corrected chi connectivity index (χ2v) is 5.31. The van der Waals surface area contributed by atoms with Crippen molar-refractivity contribution in [1.29, 1.82) is 0 Å². The summed E-state index contributed by atoms with van der Waals surface area (Å²) in [4.78, 5) is 0. The third kappa shape index (κ3) is 5.14. The fraction of sp³-hybridized carbons (Fsp3) is 0.368. The SMILES string of the molecule is CCc1ccc(NCCCNc2ccc(CC)cc2)cc1. The van der Waals surface area contributed by atoms with Crippen LogP contribution < -0.4 is 10.6 Å². The average Bonchev–Trinajstić information content (AvgIpc) is 2.55. The van der Waals surface area contributed by atoms with Crippen LogP contribution in [-0.4, -0.2) is 13.1 Å². The molecule has 0 aliphatic rings. The van der Waals surface area contributed by atoms with E-state index in [1.807, 2.05) is 0 Å². The van der Waals surface area contributed by atoms with Crippen LogP contribution in [0, 0.1) is 0 Å². The Morgan fingerprint density at radius 3 is 1.33 bits per heavy atom. The van der Waals surface area contributed by atoms with Gasteiger partial charge >= 0.3 is 0 Å². The lowest BCUT2D eigenvalue weighted by molar-refractivity contribution is 0.909. The topological polar surface area (TPSA) is 24.1 Å². The van der Waals surface area contributed by atoms with Gasteiger partial charge in [-0.25, -0.2) is 0 Å². The Bertz CT molecular complexity index is 465. The standard InChI is InChI=1S/C19H26N2/c1-3-16-6-10-18(11-7-16)20-14-5-15-21-19-12-8-17(4-2)9-13-19/h6-13,20-21H,3-5,14-15H2,1-2H3. The average molecular weight is 282 g/mol. The summed E-state index contributed by atoms with van der Waals surface area (Å²) >= 11 is 0. The van der Waals surface area contributed by atoms with Crippen LogP contribution in [0.3, 0.4) is 0 Å². The lowest BCUT2D eigenvalue weighted by Crippen LogP contribution is -2.09. The van der Waals surface area contributed by atoms with Crippen LogP contribution in [0.1, 0.15) is 31.4 Å². The molecule has 0 amide bonds. The summed E-state index contributed by atoms with van der Waals surface area (Å²) in [5.74, 6) is 0. The van der Waals surface area contributed by atoms with E-state index < -0.39 is 0 Å². The zero-order valence-electron chi connectivity index (χ0n) is 13.2. The number of rotatable bonds is 8. The van der Waals surface area contributed by atoms with Crippen LogP contribution in [0.4, 0.5) is 11.4 Å². The van der Waals surface area contributed by atoms with Crippen molar-refractivity contribution in [2.45, 2.75) is 33.1 Å². The van der Waals surface area contributed by atoms with Crippen molar-refractivity contribution in [2.24, 2.45) is 0 Å². The third-order valence-corrected chi connectivity index (χ3v) is 3.74. The molecule has 0 radical (unpaired) electrons. The fourth-order valence-electron chi connectivity index (χ4n) is 2.27. The highest BCUT2D eigenvalue weighted by Crippen LogP contribution is 2.11. The van der Waals surface area contributed by atoms with Crippen molar-refractivity contribution in [2.75, 3.05) is 23.7 Å². The predicted molar refractivity (Wildman–Crippen MR) is 93.2 cm³/mol. The van der Waals surface area contributed by atoms with Crippen molar-refractivity contribution < 1.29 is 0 Å². The summed E-state index contributed by atoms with van der Waals surface area (Å²) in [6, 6.07) is 17.4. The molecule has 2 N–H and O–H groups in total. The van der Waals surface area contributed by atoms with E-state index in [1.54, 1.807) is 0 Å². The second-order valence-electron chi connectivity index (χ2n) is 5.31. The Balaban J connectivity index is 1.64. The van der Waals surface area contributed by atoms with Gasteiger partial charge < -0.3 is 10.6 Å². The van der Waals surface area contributed by atoms with Gasteiger partial charge in [-0.1, -0.05) is 38.1 Å². The number of hydrogen-bond donors (Lipinski definition) is 2. The number of anilines is 2. The van der Waals surface area contributed by atoms with E-state index >= 15 is 0 Å². The largest absolute Gasteiger partial charge is 0.385 e. The van der Waals surface area contributed by atoms with Crippen molar-refractivity contribution in [1.82, 2.24) is 0 Å². The molecule has 0 spiro atoms. The lowest BCUT2D eigenvalue weighted by atomic mass is 10.1. The molecule has 21 heavy (non-hydrogen) atoms. The third-order valence-electron chi connectivity index (χ3n) is 3.74. The van der Waals surface area contributed by atoms with Crippen LogP contribution >= 0.6 is 0 Å². The molecule has 0 fully saturated rings. The van der Waals surface area contributed by atoms with E-state index in [1.165, 1.54) is 22.5 Å². The van der Waals surface area contributed by atoms with Crippen molar-refractivity contribution in [3.05, 3.63) is 59.7 Å². The van der Waals surface area contributed by atoms with Crippen molar-refractivity contribution in [3.63, 3.8) is 0 Å². The number of benzene rings is 2. The molecule has 2 aromatic carbocycles. The normalized spacial score (nSPS) is 10.4. The monoisotopic (exact) mass is 282 g/mol. The first-order chi connectivity index (χ1) is 10.3. The van der Waals surface area contributed by atoms with E-state index in [4.69, 9.17) is 0 Å². The smallest absolute Gasteiger partial charge is 0.0340 e. The number of aryl methyl sites for hydroxylation is 2. The van der Waals surface area contributed by atoms with Gasteiger partial charge in [-0.05, 0) is 54.7 Å². The molecule has 2 aromatic rings. The highest BCUT2D eigenvalue weighted by Gasteiger charge is 1.94. The van der Waals surface area contributed by atoms with E-state index in [9.17, 15) is 0 Å². The Morgan fingerprint density at radius 2 is 1.00 bits per heavy atom. The molecule has 0 atom stereocenters. The van der Waals surface area contributed by atoms with Gasteiger partial charge in [0.15, 0.2) is 0 Å². The first kappa shape index (κ1) is 15.4. The Morgan fingerprint density at radius 1 is 0.619 bits per heavy atom. The minimum absolute atomic E-state index is 0.992. The molecule has 2 rings (SSSR count). The molecule has 2 nitrogen and oxygen atoms in total. The minimum Gasteiger partial charge on any atom is -0.385 e. The fourth-order valence-corrected chi connectivity index (χ4v) is 2.27. The van der Waals surface area contributed by atoms with Gasteiger partial charge in [0.05, 0.1) is 0 Å². The van der Waals surface area contributed by atoms with Gasteiger partial charge in [0, 0.05) is 24.5 Å². The van der Waals surface area contributed by atoms with Crippen LogP contribution in [-0.2, 0) is 12.8 Å². The van der Waals surface area contributed by atoms with Crippen LogP contribution in [0.15, 0.2) is 48.5 Å². The highest BCUT2D eigenvalue weighted by atomic mass is 14.9. The highest BCUT2D eigenvalue weighted by molar-refractivity contribution is 5.45. The molecule has 0 aliphatic heterocycles. The Kier molecular flexibility index (Phi) is 6.14. The van der Waals surface area contributed by atoms with Crippen LogP contribution in [0.5, 0.6) is 0 Å². The van der Waals surface area contributed by atoms with Gasteiger partial charge in [-0.3, -0.25) is 0 Å². The van der Waals surface area contributed by atoms with E-state index in [0.717, 1.165) is 32.4 Å². The molecule has 0 aromatic heterocycles. The summed E-state index contributed by atoms with van der Waals surface area (Å²) in [6.45, 7) is 6.35. The number of hydrogen-bond acceptors (Lipinski definition) is 2. The summed E-state index contributed by atoms with van der Waals surface area (Å²) in [6.07, 6.45) is 3.30. The zero-order chi connectivity index (χ0) is 14.9. The summed E-state index contributed by atoms with van der Waals surface area (Å²) in [5, 5.41) is 6.92. The summed E-state index contributed by atoms with van der Waals surface area (Å²) in [5.41, 5.74) is 5.19. The predicted octanol–water partition coefficient (Wildman–Crippen LogP) is 4.73. The molecule has 2 heteroatoms. The summed E-state index contributed by atoms with van der Waals surface area (Å²) < 4.78 is 0. The second kappa shape index (κ2) is 8.35. The quantitative estimate of drug-likeness (QED) is 0.684. The molecule has 0 saturated carbocycles. The lowest BCUT2D eigenvalue weighted by Gasteiger charge is -2.09. The van der Waals surface area contributed by atoms with Gasteiger partial charge in [-0.15, -0.1) is 0 Å².